The van der Waals surface area contributed by atoms with Gasteiger partial charge in [0.05, 0.1) is 13.2 Å². The van der Waals surface area contributed by atoms with Crippen LogP contribution < -0.4 is 20.3 Å². The van der Waals surface area contributed by atoms with Crippen LogP contribution in [0.2, 0.25) is 0 Å². The summed E-state index contributed by atoms with van der Waals surface area (Å²) in [6.45, 7) is 5.87. The lowest BCUT2D eigenvalue weighted by atomic mass is 9.93. The van der Waals surface area contributed by atoms with Gasteiger partial charge in [-0.1, -0.05) is 30.3 Å². The fourth-order valence-corrected chi connectivity index (χ4v) is 4.06. The van der Waals surface area contributed by atoms with Gasteiger partial charge in [0.1, 0.15) is 5.75 Å². The smallest absolute Gasteiger partial charge is 0.227 e. The van der Waals surface area contributed by atoms with Gasteiger partial charge in [-0.05, 0) is 49.1 Å². The van der Waals surface area contributed by atoms with E-state index in [4.69, 9.17) is 9.73 Å². The minimum Gasteiger partial charge on any atom is -0.493 e. The predicted molar refractivity (Wildman–Crippen MR) is 120 cm³/mol. The highest BCUT2D eigenvalue weighted by atomic mass is 16.5. The van der Waals surface area contributed by atoms with Crippen molar-refractivity contribution in [2.45, 2.75) is 38.6 Å². The van der Waals surface area contributed by atoms with E-state index in [0.717, 1.165) is 62.0 Å². The minimum atomic E-state index is 0.217. The maximum Gasteiger partial charge on any atom is 0.227 e. The van der Waals surface area contributed by atoms with Crippen LogP contribution in [0, 0.1) is 0 Å². The molecule has 2 aromatic rings. The topological polar surface area (TPSA) is 66.0 Å². The Morgan fingerprint density at radius 2 is 2.00 bits per heavy atom. The Balaban J connectivity index is 1.37. The number of nitrogens with one attached hydrogen (secondary N) is 2. The zero-order valence-electron chi connectivity index (χ0n) is 17.6. The van der Waals surface area contributed by atoms with Crippen molar-refractivity contribution in [3.8, 4) is 5.75 Å². The summed E-state index contributed by atoms with van der Waals surface area (Å²) >= 11 is 0. The maximum atomic E-state index is 11.9. The number of carbonyl (C=O) groups excluding carboxylic acids is 1. The second-order valence-electron chi connectivity index (χ2n) is 7.76. The third-order valence-corrected chi connectivity index (χ3v) is 5.68. The Morgan fingerprint density at radius 1 is 1.17 bits per heavy atom. The maximum absolute atomic E-state index is 11.9. The van der Waals surface area contributed by atoms with Crippen molar-refractivity contribution in [2.75, 3.05) is 31.1 Å². The third kappa shape index (κ3) is 4.75. The summed E-state index contributed by atoms with van der Waals surface area (Å²) in [4.78, 5) is 18.5. The first-order valence-corrected chi connectivity index (χ1v) is 10.9. The van der Waals surface area contributed by atoms with Gasteiger partial charge in [-0.25, -0.2) is 4.99 Å². The normalized spacial score (nSPS) is 18.7. The average Bonchev–Trinajstić information content (AvgIpc) is 3.22. The SMILES string of the molecule is CCNC(=NCc1ccc(N2CCCC2=O)cc1)NCC1CCOc2ccccc21. The molecule has 0 radical (unpaired) electrons. The van der Waals surface area contributed by atoms with Crippen molar-refractivity contribution in [2.24, 2.45) is 4.99 Å². The summed E-state index contributed by atoms with van der Waals surface area (Å²) in [6, 6.07) is 16.4. The lowest BCUT2D eigenvalue weighted by Gasteiger charge is -2.26. The highest BCUT2D eigenvalue weighted by Gasteiger charge is 2.22. The summed E-state index contributed by atoms with van der Waals surface area (Å²) in [7, 11) is 0. The van der Waals surface area contributed by atoms with Crippen LogP contribution >= 0.6 is 0 Å². The Kier molecular flexibility index (Phi) is 6.52. The molecule has 2 aliphatic heterocycles. The summed E-state index contributed by atoms with van der Waals surface area (Å²) in [5, 5.41) is 6.83. The average molecular weight is 407 g/mol. The number of para-hydroxylation sites is 1. The van der Waals surface area contributed by atoms with Crippen LogP contribution in [-0.2, 0) is 11.3 Å². The molecule has 2 aliphatic rings. The van der Waals surface area contributed by atoms with Crippen molar-refractivity contribution >= 4 is 17.6 Å². The number of hydrogen-bond acceptors (Lipinski definition) is 3. The summed E-state index contributed by atoms with van der Waals surface area (Å²) in [5.41, 5.74) is 3.37. The van der Waals surface area contributed by atoms with E-state index in [9.17, 15) is 4.79 Å². The Morgan fingerprint density at radius 3 is 2.77 bits per heavy atom. The molecule has 6 heteroatoms. The van der Waals surface area contributed by atoms with Crippen molar-refractivity contribution in [1.82, 2.24) is 10.6 Å². The molecule has 4 rings (SSSR count). The van der Waals surface area contributed by atoms with Gasteiger partial charge in [0, 0.05) is 37.7 Å². The molecule has 6 nitrogen and oxygen atoms in total. The number of guanidine groups is 1. The molecule has 0 spiro atoms. The first-order valence-electron chi connectivity index (χ1n) is 10.9. The molecular formula is C24H30N4O2. The minimum absolute atomic E-state index is 0.217. The van der Waals surface area contributed by atoms with Gasteiger partial charge in [0.15, 0.2) is 5.96 Å². The van der Waals surface area contributed by atoms with Gasteiger partial charge in [-0.15, -0.1) is 0 Å². The molecular weight excluding hydrogens is 376 g/mol. The number of benzene rings is 2. The number of fused-ring (bicyclic) bond motifs is 1. The molecule has 1 unspecified atom stereocenters. The van der Waals surface area contributed by atoms with E-state index in [1.54, 1.807) is 0 Å². The molecule has 0 bridgehead atoms. The fraction of sp³-hybridized carbons (Fsp3) is 0.417. The van der Waals surface area contributed by atoms with Gasteiger partial charge in [0.2, 0.25) is 5.91 Å². The molecule has 1 amide bonds. The van der Waals surface area contributed by atoms with E-state index in [1.165, 1.54) is 5.56 Å². The lowest BCUT2D eigenvalue weighted by molar-refractivity contribution is -0.117. The zero-order valence-corrected chi connectivity index (χ0v) is 17.6. The standard InChI is InChI=1S/C24H30N4O2/c1-2-25-24(27-17-19-13-15-30-22-7-4-3-6-21(19)22)26-16-18-9-11-20(12-10-18)28-14-5-8-23(28)29/h3-4,6-7,9-12,19H,2,5,8,13-17H2,1H3,(H2,25,26,27). The molecule has 0 aromatic heterocycles. The summed E-state index contributed by atoms with van der Waals surface area (Å²) < 4.78 is 5.77. The molecule has 1 saturated heterocycles. The number of amides is 1. The molecule has 1 atom stereocenters. The molecule has 158 valence electrons. The molecule has 2 heterocycles. The fourth-order valence-electron chi connectivity index (χ4n) is 4.06. The van der Waals surface area contributed by atoms with Gasteiger partial charge in [0.25, 0.3) is 0 Å². The van der Waals surface area contributed by atoms with Gasteiger partial charge < -0.3 is 20.3 Å². The van der Waals surface area contributed by atoms with Gasteiger partial charge in [-0.2, -0.15) is 0 Å². The van der Waals surface area contributed by atoms with Crippen molar-refractivity contribution in [3.63, 3.8) is 0 Å². The summed E-state index contributed by atoms with van der Waals surface area (Å²) in [5.74, 6) is 2.44. The molecule has 0 saturated carbocycles. The van der Waals surface area contributed by atoms with Crippen LogP contribution in [0.25, 0.3) is 0 Å². The van der Waals surface area contributed by atoms with E-state index in [0.29, 0.717) is 18.9 Å². The number of aliphatic imine (C=N–C) groups is 1. The number of carbonyl (C=O) groups is 1. The van der Waals surface area contributed by atoms with Crippen LogP contribution in [0.15, 0.2) is 53.5 Å². The first-order chi connectivity index (χ1) is 14.7. The molecule has 2 aromatic carbocycles. The van der Waals surface area contributed by atoms with E-state index < -0.39 is 0 Å². The van der Waals surface area contributed by atoms with Crippen LogP contribution in [0.1, 0.15) is 43.2 Å². The van der Waals surface area contributed by atoms with Gasteiger partial charge >= 0.3 is 0 Å². The summed E-state index contributed by atoms with van der Waals surface area (Å²) in [6.07, 6.45) is 2.60. The molecule has 0 aliphatic carbocycles. The lowest BCUT2D eigenvalue weighted by Crippen LogP contribution is -2.40. The van der Waals surface area contributed by atoms with E-state index in [1.807, 2.05) is 29.2 Å². The number of hydrogen-bond donors (Lipinski definition) is 2. The van der Waals surface area contributed by atoms with Gasteiger partial charge in [-0.3, -0.25) is 4.79 Å². The Bertz CT molecular complexity index is 894. The number of anilines is 1. The Hall–Kier alpha value is -3.02. The van der Waals surface area contributed by atoms with Crippen LogP contribution in [0.3, 0.4) is 0 Å². The van der Waals surface area contributed by atoms with Crippen molar-refractivity contribution in [1.29, 1.82) is 0 Å². The van der Waals surface area contributed by atoms with Crippen LogP contribution in [-0.4, -0.2) is 38.1 Å². The van der Waals surface area contributed by atoms with Crippen LogP contribution in [0.5, 0.6) is 5.75 Å². The Labute approximate surface area is 178 Å². The molecule has 1 fully saturated rings. The quantitative estimate of drug-likeness (QED) is 0.570. The zero-order chi connectivity index (χ0) is 20.8. The monoisotopic (exact) mass is 406 g/mol. The second kappa shape index (κ2) is 9.65. The van der Waals surface area contributed by atoms with E-state index >= 15 is 0 Å². The van der Waals surface area contributed by atoms with E-state index in [-0.39, 0.29) is 5.91 Å². The van der Waals surface area contributed by atoms with Crippen molar-refractivity contribution < 1.29 is 9.53 Å². The first kappa shape index (κ1) is 20.3. The molecule has 2 N–H and O–H groups in total. The number of ether oxygens (including phenoxy) is 1. The highest BCUT2D eigenvalue weighted by Crippen LogP contribution is 2.32. The largest absolute Gasteiger partial charge is 0.493 e. The second-order valence-corrected chi connectivity index (χ2v) is 7.76. The number of nitrogens with zero attached hydrogens (tertiary/aromatic N) is 2. The van der Waals surface area contributed by atoms with Crippen LogP contribution in [0.4, 0.5) is 5.69 Å². The third-order valence-electron chi connectivity index (χ3n) is 5.68. The number of rotatable bonds is 6. The van der Waals surface area contributed by atoms with E-state index in [2.05, 4.69) is 41.8 Å². The van der Waals surface area contributed by atoms with Crippen molar-refractivity contribution in [3.05, 3.63) is 59.7 Å². The molecule has 30 heavy (non-hydrogen) atoms. The predicted octanol–water partition coefficient (Wildman–Crippen LogP) is 3.43. The highest BCUT2D eigenvalue weighted by molar-refractivity contribution is 5.95.